The van der Waals surface area contributed by atoms with Gasteiger partial charge in [-0.1, -0.05) is 23.2 Å². The van der Waals surface area contributed by atoms with E-state index in [2.05, 4.69) is 24.2 Å². The van der Waals surface area contributed by atoms with Gasteiger partial charge in [0.25, 0.3) is 0 Å². The molecule has 2 rings (SSSR count). The summed E-state index contributed by atoms with van der Waals surface area (Å²) >= 11 is 13.6. The highest BCUT2D eigenvalue weighted by Gasteiger charge is 2.20. The Hall–Kier alpha value is 0.200. The van der Waals surface area contributed by atoms with Gasteiger partial charge in [0.2, 0.25) is 0 Å². The molecule has 96 valence electrons. The van der Waals surface area contributed by atoms with Crippen LogP contribution in [-0.4, -0.2) is 31.1 Å². The average molecular weight is 293 g/mol. The van der Waals surface area contributed by atoms with Crippen LogP contribution in [0.5, 0.6) is 0 Å². The molecule has 5 heteroatoms. The number of rotatable bonds is 3. The molecule has 1 aromatic heterocycles. The molecule has 0 spiro atoms. The Balaban J connectivity index is 1.93. The largest absolute Gasteiger partial charge is 0.307 e. The zero-order valence-electron chi connectivity index (χ0n) is 10.2. The minimum Gasteiger partial charge on any atom is -0.307 e. The van der Waals surface area contributed by atoms with Crippen LogP contribution in [0.25, 0.3) is 0 Å². The highest BCUT2D eigenvalue weighted by atomic mass is 35.5. The van der Waals surface area contributed by atoms with Gasteiger partial charge in [-0.05, 0) is 51.5 Å². The SMILES string of the molecule is CC(NC1CCN(C)CC1)c1cc(Cl)sc1Cl. The molecule has 2 heterocycles. The van der Waals surface area contributed by atoms with E-state index in [4.69, 9.17) is 23.2 Å². The molecule has 2 nitrogen and oxygen atoms in total. The molecule has 1 aliphatic rings. The predicted molar refractivity (Wildman–Crippen MR) is 76.4 cm³/mol. The molecule has 1 unspecified atom stereocenters. The number of hydrogen-bond donors (Lipinski definition) is 1. The summed E-state index contributed by atoms with van der Waals surface area (Å²) in [4.78, 5) is 2.37. The Morgan fingerprint density at radius 3 is 2.59 bits per heavy atom. The van der Waals surface area contributed by atoms with E-state index < -0.39 is 0 Å². The van der Waals surface area contributed by atoms with Gasteiger partial charge in [-0.3, -0.25) is 0 Å². The number of piperidine rings is 1. The van der Waals surface area contributed by atoms with Crippen LogP contribution in [0.15, 0.2) is 6.07 Å². The quantitative estimate of drug-likeness (QED) is 0.912. The summed E-state index contributed by atoms with van der Waals surface area (Å²) in [5, 5.41) is 3.65. The van der Waals surface area contributed by atoms with Crippen LogP contribution < -0.4 is 5.32 Å². The summed E-state index contributed by atoms with van der Waals surface area (Å²) in [6, 6.07) is 2.84. The molecule has 1 saturated heterocycles. The van der Waals surface area contributed by atoms with Crippen molar-refractivity contribution in [1.29, 1.82) is 0 Å². The van der Waals surface area contributed by atoms with Gasteiger partial charge in [0.1, 0.15) is 0 Å². The van der Waals surface area contributed by atoms with E-state index in [1.807, 2.05) is 6.07 Å². The Labute approximate surface area is 117 Å². The third kappa shape index (κ3) is 3.58. The van der Waals surface area contributed by atoms with Crippen LogP contribution in [0.2, 0.25) is 8.67 Å². The second-order valence-electron chi connectivity index (χ2n) is 4.75. The summed E-state index contributed by atoms with van der Waals surface area (Å²) in [6.45, 7) is 4.49. The van der Waals surface area contributed by atoms with Crippen molar-refractivity contribution in [3.63, 3.8) is 0 Å². The number of thiophene rings is 1. The van der Waals surface area contributed by atoms with Crippen LogP contribution >= 0.6 is 34.5 Å². The Bertz CT molecular complexity index is 373. The molecular formula is C12H18Cl2N2S. The maximum absolute atomic E-state index is 6.17. The number of nitrogens with zero attached hydrogens (tertiary/aromatic N) is 1. The van der Waals surface area contributed by atoms with E-state index in [0.717, 1.165) is 14.2 Å². The summed E-state index contributed by atoms with van der Waals surface area (Å²) in [5.74, 6) is 0. The smallest absolute Gasteiger partial charge is 0.0991 e. The van der Waals surface area contributed by atoms with Crippen molar-refractivity contribution in [2.45, 2.75) is 31.8 Å². The third-order valence-corrected chi connectivity index (χ3v) is 4.87. The van der Waals surface area contributed by atoms with E-state index in [1.165, 1.54) is 37.3 Å². The van der Waals surface area contributed by atoms with Crippen molar-refractivity contribution in [2.24, 2.45) is 0 Å². The highest BCUT2D eigenvalue weighted by Crippen LogP contribution is 2.35. The zero-order valence-corrected chi connectivity index (χ0v) is 12.5. The summed E-state index contributed by atoms with van der Waals surface area (Å²) in [6.07, 6.45) is 2.41. The van der Waals surface area contributed by atoms with Gasteiger partial charge >= 0.3 is 0 Å². The molecule has 0 bridgehead atoms. The van der Waals surface area contributed by atoms with Crippen molar-refractivity contribution in [1.82, 2.24) is 10.2 Å². The summed E-state index contributed by atoms with van der Waals surface area (Å²) in [7, 11) is 2.18. The van der Waals surface area contributed by atoms with Gasteiger partial charge in [-0.25, -0.2) is 0 Å². The molecule has 0 saturated carbocycles. The Morgan fingerprint density at radius 1 is 1.41 bits per heavy atom. The lowest BCUT2D eigenvalue weighted by molar-refractivity contribution is 0.227. The first-order chi connectivity index (χ1) is 8.06. The summed E-state index contributed by atoms with van der Waals surface area (Å²) in [5.41, 5.74) is 1.13. The maximum Gasteiger partial charge on any atom is 0.0991 e. The molecular weight excluding hydrogens is 275 g/mol. The number of likely N-dealkylation sites (tertiary alicyclic amines) is 1. The molecule has 1 aliphatic heterocycles. The van der Waals surface area contributed by atoms with Gasteiger partial charge in [-0.2, -0.15) is 0 Å². The topological polar surface area (TPSA) is 15.3 Å². The lowest BCUT2D eigenvalue weighted by Gasteiger charge is -2.31. The molecule has 0 aromatic carbocycles. The van der Waals surface area contributed by atoms with Crippen LogP contribution in [0.4, 0.5) is 0 Å². The van der Waals surface area contributed by atoms with Crippen molar-refractivity contribution >= 4 is 34.5 Å². The first-order valence-electron chi connectivity index (χ1n) is 5.95. The van der Waals surface area contributed by atoms with Crippen molar-refractivity contribution in [3.05, 3.63) is 20.3 Å². The standard InChI is InChI=1S/C12H18Cl2N2S/c1-8(10-7-11(13)17-12(10)14)15-9-3-5-16(2)6-4-9/h7-9,15H,3-6H2,1-2H3. The maximum atomic E-state index is 6.17. The number of nitrogens with one attached hydrogen (secondary N) is 1. The van der Waals surface area contributed by atoms with Crippen LogP contribution in [0.1, 0.15) is 31.4 Å². The monoisotopic (exact) mass is 292 g/mol. The fourth-order valence-electron chi connectivity index (χ4n) is 2.27. The van der Waals surface area contributed by atoms with E-state index in [9.17, 15) is 0 Å². The molecule has 0 aliphatic carbocycles. The normalized spacial score (nSPS) is 20.7. The van der Waals surface area contributed by atoms with Crippen LogP contribution in [0.3, 0.4) is 0 Å². The lowest BCUT2D eigenvalue weighted by Crippen LogP contribution is -2.41. The van der Waals surface area contributed by atoms with E-state index in [1.54, 1.807) is 0 Å². The van der Waals surface area contributed by atoms with Gasteiger partial charge in [-0.15, -0.1) is 11.3 Å². The van der Waals surface area contributed by atoms with E-state index >= 15 is 0 Å². The van der Waals surface area contributed by atoms with Crippen molar-refractivity contribution in [3.8, 4) is 0 Å². The third-order valence-electron chi connectivity index (χ3n) is 3.35. The molecule has 0 amide bonds. The van der Waals surface area contributed by atoms with Gasteiger partial charge in [0.15, 0.2) is 0 Å². The van der Waals surface area contributed by atoms with E-state index in [-0.39, 0.29) is 6.04 Å². The van der Waals surface area contributed by atoms with Crippen LogP contribution in [-0.2, 0) is 0 Å². The first kappa shape index (κ1) is 13.6. The lowest BCUT2D eigenvalue weighted by atomic mass is 10.0. The fourth-order valence-corrected chi connectivity index (χ4v) is 3.91. The van der Waals surface area contributed by atoms with E-state index in [0.29, 0.717) is 6.04 Å². The second-order valence-corrected chi connectivity index (χ2v) is 7.03. The number of halogens is 2. The van der Waals surface area contributed by atoms with Crippen LogP contribution in [0, 0.1) is 0 Å². The zero-order chi connectivity index (χ0) is 12.4. The predicted octanol–water partition coefficient (Wildman–Crippen LogP) is 3.80. The Morgan fingerprint density at radius 2 is 2.06 bits per heavy atom. The molecule has 17 heavy (non-hydrogen) atoms. The Kier molecular flexibility index (Phi) is 4.72. The van der Waals surface area contributed by atoms with Gasteiger partial charge < -0.3 is 10.2 Å². The minimum absolute atomic E-state index is 0.277. The molecule has 1 N–H and O–H groups in total. The van der Waals surface area contributed by atoms with Gasteiger partial charge in [0, 0.05) is 12.1 Å². The minimum atomic E-state index is 0.277. The molecule has 0 radical (unpaired) electrons. The molecule has 1 fully saturated rings. The number of hydrogen-bond acceptors (Lipinski definition) is 3. The fraction of sp³-hybridized carbons (Fsp3) is 0.667. The molecule has 1 aromatic rings. The second kappa shape index (κ2) is 5.89. The average Bonchev–Trinajstić information content (AvgIpc) is 2.61. The first-order valence-corrected chi connectivity index (χ1v) is 7.53. The van der Waals surface area contributed by atoms with Crippen molar-refractivity contribution in [2.75, 3.05) is 20.1 Å². The van der Waals surface area contributed by atoms with Gasteiger partial charge in [0.05, 0.1) is 8.67 Å². The summed E-state index contributed by atoms with van der Waals surface area (Å²) < 4.78 is 1.57. The highest BCUT2D eigenvalue weighted by molar-refractivity contribution is 7.20. The van der Waals surface area contributed by atoms with Crippen molar-refractivity contribution < 1.29 is 0 Å². The molecule has 1 atom stereocenters.